The number of hydrogen-bond donors (Lipinski definition) is 7. The molecule has 0 unspecified atom stereocenters. The second-order valence-electron chi connectivity index (χ2n) is 6.20. The zero-order valence-corrected chi connectivity index (χ0v) is 14.3. The van der Waals surface area contributed by atoms with Crippen molar-refractivity contribution in [1.29, 1.82) is 0 Å². The summed E-state index contributed by atoms with van der Waals surface area (Å²) in [5, 5.41) is 51.7. The maximum Gasteiger partial charge on any atom is 0.252 e. The molecule has 2 saturated heterocycles. The Labute approximate surface area is 149 Å². The van der Waals surface area contributed by atoms with Crippen LogP contribution in [0.25, 0.3) is 0 Å². The van der Waals surface area contributed by atoms with Crippen molar-refractivity contribution >= 4 is 5.91 Å². The highest BCUT2D eigenvalue weighted by Gasteiger charge is 2.49. The smallest absolute Gasteiger partial charge is 0.252 e. The van der Waals surface area contributed by atoms with E-state index >= 15 is 0 Å². The first kappa shape index (κ1) is 21.4. The van der Waals surface area contributed by atoms with Gasteiger partial charge in [-0.15, -0.1) is 0 Å². The average molecular weight is 382 g/mol. The summed E-state index contributed by atoms with van der Waals surface area (Å²) in [4.78, 5) is 12.5. The number of ether oxygens (including phenoxy) is 4. The lowest BCUT2D eigenvalue weighted by molar-refractivity contribution is -0.267. The summed E-state index contributed by atoms with van der Waals surface area (Å²) in [5.74, 6) is -0.908. The molecule has 12 heteroatoms. The number of aliphatic hydroxyl groups excluding tert-OH is 5. The van der Waals surface area contributed by atoms with Gasteiger partial charge >= 0.3 is 0 Å². The van der Waals surface area contributed by atoms with Gasteiger partial charge in [-0.05, 0) is 0 Å². The van der Waals surface area contributed by atoms with Crippen LogP contribution in [0.1, 0.15) is 0 Å². The van der Waals surface area contributed by atoms with Crippen molar-refractivity contribution < 1.29 is 49.3 Å². The number of rotatable bonds is 5. The Bertz CT molecular complexity index is 479. The largest absolute Gasteiger partial charge is 0.394 e. The summed E-state index contributed by atoms with van der Waals surface area (Å²) in [6.07, 6.45) is -11.1. The summed E-state index contributed by atoms with van der Waals surface area (Å²) in [5.41, 5.74) is 5.66. The van der Waals surface area contributed by atoms with E-state index in [0.29, 0.717) is 0 Å². The maximum absolute atomic E-state index is 12.5. The number of amides is 1. The Balaban J connectivity index is 2.11. The van der Waals surface area contributed by atoms with Gasteiger partial charge in [0, 0.05) is 14.2 Å². The molecule has 2 rings (SSSR count). The molecule has 0 bridgehead atoms. The van der Waals surface area contributed by atoms with Crippen LogP contribution < -0.4 is 11.1 Å². The highest BCUT2D eigenvalue weighted by atomic mass is 16.7. The van der Waals surface area contributed by atoms with Gasteiger partial charge in [0.15, 0.2) is 18.7 Å². The number of carbonyl (C=O) groups excluding carboxylic acids is 1. The van der Waals surface area contributed by atoms with Crippen molar-refractivity contribution in [2.75, 3.05) is 20.8 Å². The highest BCUT2D eigenvalue weighted by Crippen LogP contribution is 2.24. The van der Waals surface area contributed by atoms with Gasteiger partial charge in [0.25, 0.3) is 5.91 Å². The van der Waals surface area contributed by atoms with Crippen molar-refractivity contribution in [2.24, 2.45) is 5.73 Å². The second kappa shape index (κ2) is 8.84. The molecule has 26 heavy (non-hydrogen) atoms. The van der Waals surface area contributed by atoms with E-state index in [4.69, 9.17) is 29.8 Å². The monoisotopic (exact) mass is 382 g/mol. The van der Waals surface area contributed by atoms with Crippen LogP contribution >= 0.6 is 0 Å². The van der Waals surface area contributed by atoms with Crippen LogP contribution in [0.5, 0.6) is 0 Å². The first-order chi connectivity index (χ1) is 12.3. The molecule has 152 valence electrons. The summed E-state index contributed by atoms with van der Waals surface area (Å²) < 4.78 is 20.5. The maximum atomic E-state index is 12.5. The van der Waals surface area contributed by atoms with Gasteiger partial charge in [-0.25, -0.2) is 0 Å². The quantitative estimate of drug-likeness (QED) is 0.241. The minimum atomic E-state index is -1.64. The Kier molecular flexibility index (Phi) is 7.27. The Morgan fingerprint density at radius 2 is 1.62 bits per heavy atom. The molecule has 0 radical (unpaired) electrons. The van der Waals surface area contributed by atoms with Gasteiger partial charge in [-0.2, -0.15) is 0 Å². The Morgan fingerprint density at radius 1 is 1.00 bits per heavy atom. The van der Waals surface area contributed by atoms with Crippen LogP contribution in [0.4, 0.5) is 0 Å². The van der Waals surface area contributed by atoms with Gasteiger partial charge in [0.05, 0.1) is 12.6 Å². The second-order valence-corrected chi connectivity index (χ2v) is 6.20. The Morgan fingerprint density at radius 3 is 2.15 bits per heavy atom. The van der Waals surface area contributed by atoms with Gasteiger partial charge in [0.1, 0.15) is 36.6 Å². The number of carbonyl (C=O) groups is 1. The summed E-state index contributed by atoms with van der Waals surface area (Å²) in [6.45, 7) is -0.567. The number of aliphatic hydroxyl groups is 5. The number of hydrogen-bond acceptors (Lipinski definition) is 11. The number of nitrogens with two attached hydrogens (primary N) is 1. The molecule has 10 atom stereocenters. The average Bonchev–Trinajstić information content (AvgIpc) is 2.64. The fourth-order valence-corrected chi connectivity index (χ4v) is 3.00. The number of nitrogens with one attached hydrogen (secondary N) is 1. The molecule has 1 amide bonds. The standard InChI is InChI=1S/C14H26N2O10/c1-23-13-5(15)8(19)10(21)11(26-13)12(22)16-6-9(20)7(18)4(3-17)25-14(6)24-2/h4-11,13-14,17-21H,3,15H2,1-2H3,(H,16,22)/t4-,5-,6-,7-,8-,9-,10+,11+,13+,14+/m1/s1. The summed E-state index contributed by atoms with van der Waals surface area (Å²) in [6, 6.07) is -2.30. The van der Waals surface area contributed by atoms with E-state index in [1.165, 1.54) is 14.2 Å². The van der Waals surface area contributed by atoms with Gasteiger partial charge < -0.3 is 55.5 Å². The fraction of sp³-hybridized carbons (Fsp3) is 0.929. The third-order valence-corrected chi connectivity index (χ3v) is 4.56. The van der Waals surface area contributed by atoms with Gasteiger partial charge in [0.2, 0.25) is 0 Å². The zero-order valence-electron chi connectivity index (χ0n) is 14.3. The molecule has 0 aromatic heterocycles. The molecule has 2 heterocycles. The normalized spacial score (nSPS) is 46.8. The SMILES string of the molecule is CO[C@H]1O[C@H](C(=O)N[C@H]2[C@@H](OC)O[C@H](CO)[C@@H](O)[C@@H]2O)[C@@H](O)[C@H](O)[C@H]1N. The van der Waals surface area contributed by atoms with Crippen LogP contribution in [0.15, 0.2) is 0 Å². The molecule has 0 saturated carbocycles. The molecular weight excluding hydrogens is 356 g/mol. The molecule has 2 fully saturated rings. The molecular formula is C14H26N2O10. The fourth-order valence-electron chi connectivity index (χ4n) is 3.00. The molecule has 0 aromatic rings. The molecule has 8 N–H and O–H groups in total. The van der Waals surface area contributed by atoms with Crippen LogP contribution in [0.3, 0.4) is 0 Å². The van der Waals surface area contributed by atoms with Crippen molar-refractivity contribution in [3.05, 3.63) is 0 Å². The molecule has 0 aliphatic carbocycles. The van der Waals surface area contributed by atoms with Crippen molar-refractivity contribution in [3.8, 4) is 0 Å². The van der Waals surface area contributed by atoms with E-state index in [1.54, 1.807) is 0 Å². The molecule has 2 aliphatic rings. The lowest BCUT2D eigenvalue weighted by Gasteiger charge is -2.43. The van der Waals surface area contributed by atoms with Gasteiger partial charge in [-0.1, -0.05) is 0 Å². The molecule has 0 aromatic carbocycles. The van der Waals surface area contributed by atoms with Crippen molar-refractivity contribution in [3.63, 3.8) is 0 Å². The van der Waals surface area contributed by atoms with E-state index in [1.807, 2.05) is 0 Å². The van der Waals surface area contributed by atoms with Crippen LogP contribution in [-0.2, 0) is 23.7 Å². The van der Waals surface area contributed by atoms with Crippen molar-refractivity contribution in [2.45, 2.75) is 61.3 Å². The molecule has 2 aliphatic heterocycles. The van der Waals surface area contributed by atoms with Crippen LogP contribution in [-0.4, -0.2) is 114 Å². The highest BCUT2D eigenvalue weighted by molar-refractivity contribution is 5.82. The minimum absolute atomic E-state index is 0.567. The lowest BCUT2D eigenvalue weighted by Crippen LogP contribution is -2.68. The van der Waals surface area contributed by atoms with E-state index in [2.05, 4.69) is 5.32 Å². The van der Waals surface area contributed by atoms with E-state index in [9.17, 15) is 25.2 Å². The Hall–Kier alpha value is -0.930. The summed E-state index contributed by atoms with van der Waals surface area (Å²) in [7, 11) is 2.51. The lowest BCUT2D eigenvalue weighted by atomic mass is 9.94. The zero-order chi connectivity index (χ0) is 19.6. The van der Waals surface area contributed by atoms with E-state index in [-0.39, 0.29) is 0 Å². The van der Waals surface area contributed by atoms with E-state index in [0.717, 1.165) is 0 Å². The first-order valence-electron chi connectivity index (χ1n) is 8.02. The summed E-state index contributed by atoms with van der Waals surface area (Å²) >= 11 is 0. The molecule has 12 nitrogen and oxygen atoms in total. The van der Waals surface area contributed by atoms with Crippen LogP contribution in [0, 0.1) is 0 Å². The van der Waals surface area contributed by atoms with E-state index < -0.39 is 73.8 Å². The first-order valence-corrected chi connectivity index (χ1v) is 8.02. The predicted octanol–water partition coefficient (Wildman–Crippen LogP) is -5.02. The van der Waals surface area contributed by atoms with Crippen molar-refractivity contribution in [1.82, 2.24) is 5.32 Å². The third-order valence-electron chi connectivity index (χ3n) is 4.56. The number of methoxy groups -OCH3 is 2. The topological polar surface area (TPSA) is 193 Å². The van der Waals surface area contributed by atoms with Crippen LogP contribution in [0.2, 0.25) is 0 Å². The predicted molar refractivity (Wildman–Crippen MR) is 82.4 cm³/mol. The molecule has 0 spiro atoms. The third kappa shape index (κ3) is 3.99. The van der Waals surface area contributed by atoms with Gasteiger partial charge in [-0.3, -0.25) is 4.79 Å². The minimum Gasteiger partial charge on any atom is -0.394 e.